The number of nitro groups is 1. The number of rotatable bonds is 2. The molecular weight excluding hydrogens is 312 g/mol. The summed E-state index contributed by atoms with van der Waals surface area (Å²) in [6, 6.07) is 13.1. The molecule has 0 aromatic heterocycles. The van der Waals surface area contributed by atoms with Gasteiger partial charge in [0.05, 0.1) is 11.0 Å². The molecule has 1 aliphatic carbocycles. The van der Waals surface area contributed by atoms with Crippen LogP contribution in [-0.2, 0) is 0 Å². The van der Waals surface area contributed by atoms with E-state index < -0.39 is 0 Å². The van der Waals surface area contributed by atoms with Crippen molar-refractivity contribution in [2.24, 2.45) is 5.92 Å². The Labute approximate surface area is 138 Å². The van der Waals surface area contributed by atoms with E-state index in [0.29, 0.717) is 16.6 Å². The average Bonchev–Trinajstić information content (AvgIpc) is 3.04. The summed E-state index contributed by atoms with van der Waals surface area (Å²) in [7, 11) is 0. The van der Waals surface area contributed by atoms with Gasteiger partial charge in [0.2, 0.25) is 0 Å². The minimum absolute atomic E-state index is 0.0425. The third-order valence-electron chi connectivity index (χ3n) is 4.80. The number of anilines is 1. The van der Waals surface area contributed by atoms with Gasteiger partial charge in [-0.15, -0.1) is 0 Å². The number of nitrogens with zero attached hydrogens (tertiary/aromatic N) is 1. The number of allylic oxidation sites excluding steroid dienone is 2. The lowest BCUT2D eigenvalue weighted by Crippen LogP contribution is -2.29. The van der Waals surface area contributed by atoms with Crippen molar-refractivity contribution in [2.45, 2.75) is 18.4 Å². The lowest BCUT2D eigenvalue weighted by atomic mass is 9.77. The van der Waals surface area contributed by atoms with Gasteiger partial charge in [-0.2, -0.15) is 0 Å². The van der Waals surface area contributed by atoms with E-state index in [9.17, 15) is 10.1 Å². The Bertz CT molecular complexity index is 801. The third kappa shape index (κ3) is 2.30. The van der Waals surface area contributed by atoms with Crippen molar-refractivity contribution in [2.75, 3.05) is 5.32 Å². The monoisotopic (exact) mass is 326 g/mol. The highest BCUT2D eigenvalue weighted by atomic mass is 35.5. The first-order chi connectivity index (χ1) is 11.1. The van der Waals surface area contributed by atoms with Gasteiger partial charge in [-0.1, -0.05) is 48.0 Å². The molecule has 4 nitrogen and oxygen atoms in total. The first kappa shape index (κ1) is 14.3. The van der Waals surface area contributed by atoms with Crippen molar-refractivity contribution in [3.8, 4) is 0 Å². The van der Waals surface area contributed by atoms with Crippen LogP contribution in [0.5, 0.6) is 0 Å². The lowest BCUT2D eigenvalue weighted by Gasteiger charge is -2.37. The smallest absolute Gasteiger partial charge is 0.292 e. The molecule has 3 atom stereocenters. The van der Waals surface area contributed by atoms with Crippen LogP contribution in [0.25, 0.3) is 0 Å². The van der Waals surface area contributed by atoms with Crippen molar-refractivity contribution >= 4 is 23.0 Å². The van der Waals surface area contributed by atoms with Gasteiger partial charge in [0.15, 0.2) is 0 Å². The van der Waals surface area contributed by atoms with E-state index in [1.807, 2.05) is 30.3 Å². The first-order valence-electron chi connectivity index (χ1n) is 7.61. The minimum atomic E-state index is -0.316. The van der Waals surface area contributed by atoms with E-state index in [-0.39, 0.29) is 22.6 Å². The normalized spacial score (nSPS) is 24.7. The molecule has 0 bridgehead atoms. The molecule has 0 unspecified atom stereocenters. The number of nitrogens with one attached hydrogen (secondary N) is 1. The number of benzene rings is 2. The predicted molar refractivity (Wildman–Crippen MR) is 90.9 cm³/mol. The maximum atomic E-state index is 11.4. The molecule has 2 aromatic rings. The van der Waals surface area contributed by atoms with Crippen molar-refractivity contribution in [3.05, 3.63) is 80.9 Å². The number of nitro benzene ring substituents is 1. The lowest BCUT2D eigenvalue weighted by molar-refractivity contribution is -0.384. The standard InChI is InChI=1S/C18H15ClN2O2/c19-12-9-7-11(8-10-12)17-14-4-1-3-13(14)15-5-2-6-16(21(22)23)18(15)20-17/h1-3,5-10,13-14,17,20H,4H2/t13-,14+,17+/m0/s1. The highest BCUT2D eigenvalue weighted by Gasteiger charge is 2.40. The van der Waals surface area contributed by atoms with Crippen molar-refractivity contribution in [1.29, 1.82) is 0 Å². The highest BCUT2D eigenvalue weighted by Crippen LogP contribution is 2.51. The van der Waals surface area contributed by atoms with Gasteiger partial charge in [0, 0.05) is 17.0 Å². The molecule has 5 heteroatoms. The van der Waals surface area contributed by atoms with E-state index in [1.54, 1.807) is 12.1 Å². The number of para-hydroxylation sites is 1. The molecule has 0 amide bonds. The summed E-state index contributed by atoms with van der Waals surface area (Å²) in [4.78, 5) is 11.1. The predicted octanol–water partition coefficient (Wildman–Crippen LogP) is 5.07. The highest BCUT2D eigenvalue weighted by molar-refractivity contribution is 6.30. The van der Waals surface area contributed by atoms with Crippen molar-refractivity contribution in [1.82, 2.24) is 0 Å². The van der Waals surface area contributed by atoms with Gasteiger partial charge in [-0.05, 0) is 35.6 Å². The fourth-order valence-corrected chi connectivity index (χ4v) is 3.88. The van der Waals surface area contributed by atoms with Gasteiger partial charge in [-0.3, -0.25) is 10.1 Å². The van der Waals surface area contributed by atoms with Gasteiger partial charge in [-0.25, -0.2) is 0 Å². The second-order valence-corrected chi connectivity index (χ2v) is 6.46. The molecule has 1 N–H and O–H groups in total. The topological polar surface area (TPSA) is 55.2 Å². The fraction of sp³-hybridized carbons (Fsp3) is 0.222. The largest absolute Gasteiger partial charge is 0.372 e. The molecule has 0 spiro atoms. The number of fused-ring (bicyclic) bond motifs is 3. The van der Waals surface area contributed by atoms with Crippen LogP contribution in [0.4, 0.5) is 11.4 Å². The molecule has 0 saturated heterocycles. The van der Waals surface area contributed by atoms with Gasteiger partial charge >= 0.3 is 0 Å². The maximum Gasteiger partial charge on any atom is 0.292 e. The molecule has 23 heavy (non-hydrogen) atoms. The molecule has 0 radical (unpaired) electrons. The quantitative estimate of drug-likeness (QED) is 0.476. The van der Waals surface area contributed by atoms with E-state index in [1.165, 1.54) is 0 Å². The third-order valence-corrected chi connectivity index (χ3v) is 5.05. The number of hydrogen-bond acceptors (Lipinski definition) is 3. The second-order valence-electron chi connectivity index (χ2n) is 6.03. The van der Waals surface area contributed by atoms with Crippen molar-refractivity contribution < 1.29 is 4.92 Å². The molecule has 1 aliphatic heterocycles. The molecule has 0 fully saturated rings. The van der Waals surface area contributed by atoms with Gasteiger partial charge in [0.1, 0.15) is 5.69 Å². The molecular formula is C18H15ClN2O2. The molecule has 2 aromatic carbocycles. The summed E-state index contributed by atoms with van der Waals surface area (Å²) in [6.45, 7) is 0. The minimum Gasteiger partial charge on any atom is -0.372 e. The van der Waals surface area contributed by atoms with Crippen molar-refractivity contribution in [3.63, 3.8) is 0 Å². The summed E-state index contributed by atoms with van der Waals surface area (Å²) in [5.41, 5.74) is 2.91. The summed E-state index contributed by atoms with van der Waals surface area (Å²) in [5.74, 6) is 0.581. The molecule has 0 saturated carbocycles. The van der Waals surface area contributed by atoms with Crippen LogP contribution in [0.2, 0.25) is 5.02 Å². The fourth-order valence-electron chi connectivity index (χ4n) is 3.76. The zero-order chi connectivity index (χ0) is 16.0. The zero-order valence-corrected chi connectivity index (χ0v) is 13.0. The molecule has 2 aliphatic rings. The molecule has 116 valence electrons. The van der Waals surface area contributed by atoms with Crippen LogP contribution in [0.1, 0.15) is 29.5 Å². The van der Waals surface area contributed by atoms with E-state index >= 15 is 0 Å². The van der Waals surface area contributed by atoms with Gasteiger partial charge in [0.25, 0.3) is 5.69 Å². The molecule has 1 heterocycles. The zero-order valence-electron chi connectivity index (χ0n) is 12.3. The van der Waals surface area contributed by atoms with Crippen LogP contribution < -0.4 is 5.32 Å². The summed E-state index contributed by atoms with van der Waals surface area (Å²) >= 11 is 5.99. The summed E-state index contributed by atoms with van der Waals surface area (Å²) in [6.07, 6.45) is 5.32. The Hall–Kier alpha value is -2.33. The van der Waals surface area contributed by atoms with Crippen LogP contribution in [0.3, 0.4) is 0 Å². The average molecular weight is 327 g/mol. The Morgan fingerprint density at radius 2 is 1.96 bits per heavy atom. The van der Waals surface area contributed by atoms with E-state index in [4.69, 9.17) is 11.6 Å². The first-order valence-corrected chi connectivity index (χ1v) is 7.99. The SMILES string of the molecule is O=[N+]([O-])c1cccc2c1N[C@H](c1ccc(Cl)cc1)[C@@H]1CC=C[C@H]21. The van der Waals surface area contributed by atoms with Crippen LogP contribution in [0.15, 0.2) is 54.6 Å². The Morgan fingerprint density at radius 1 is 1.17 bits per heavy atom. The summed E-state index contributed by atoms with van der Waals surface area (Å²) in [5, 5.41) is 15.5. The Balaban J connectivity index is 1.83. The van der Waals surface area contributed by atoms with Crippen LogP contribution >= 0.6 is 11.6 Å². The summed E-state index contributed by atoms with van der Waals surface area (Å²) < 4.78 is 0. The Morgan fingerprint density at radius 3 is 2.70 bits per heavy atom. The van der Waals surface area contributed by atoms with Crippen LogP contribution in [0, 0.1) is 16.0 Å². The molecule has 4 rings (SSSR count). The maximum absolute atomic E-state index is 11.4. The Kier molecular flexibility index (Phi) is 3.34. The number of hydrogen-bond donors (Lipinski definition) is 1. The van der Waals surface area contributed by atoms with Gasteiger partial charge < -0.3 is 5.32 Å². The number of halogens is 1. The second kappa shape index (κ2) is 5.39. The van der Waals surface area contributed by atoms with E-state index in [0.717, 1.165) is 17.5 Å². The van der Waals surface area contributed by atoms with E-state index in [2.05, 4.69) is 17.5 Å². The van der Waals surface area contributed by atoms with Crippen LogP contribution in [-0.4, -0.2) is 4.92 Å².